The molecule has 2 aliphatic heterocycles. The summed E-state index contributed by atoms with van der Waals surface area (Å²) >= 11 is 1.84. The van der Waals surface area contributed by atoms with Crippen molar-refractivity contribution >= 4 is 24.3 Å². The fourth-order valence-electron chi connectivity index (χ4n) is 5.35. The summed E-state index contributed by atoms with van der Waals surface area (Å²) in [5, 5.41) is 0. The van der Waals surface area contributed by atoms with Gasteiger partial charge in [0.15, 0.2) is 0 Å². The molecule has 35 heavy (non-hydrogen) atoms. The highest BCUT2D eigenvalue weighted by Crippen LogP contribution is 2.55. The summed E-state index contributed by atoms with van der Waals surface area (Å²) < 4.78 is 12.8. The van der Waals surface area contributed by atoms with Gasteiger partial charge in [0, 0.05) is 9.79 Å². The molecule has 0 amide bonds. The first-order chi connectivity index (χ1) is 16.8. The average molecular weight is 476 g/mol. The van der Waals surface area contributed by atoms with Crippen molar-refractivity contribution in [1.29, 1.82) is 0 Å². The van der Waals surface area contributed by atoms with E-state index in [1.165, 1.54) is 32.0 Å². The molecule has 4 aromatic rings. The van der Waals surface area contributed by atoms with Crippen molar-refractivity contribution in [2.75, 3.05) is 0 Å². The molecule has 0 N–H and O–H groups in total. The van der Waals surface area contributed by atoms with Gasteiger partial charge in [-0.15, -0.1) is 0 Å². The molecule has 1 saturated heterocycles. The lowest BCUT2D eigenvalue weighted by molar-refractivity contribution is 0.00578. The molecule has 6 rings (SSSR count). The molecule has 0 spiro atoms. The highest BCUT2D eigenvalue weighted by atomic mass is 32.2. The maximum absolute atomic E-state index is 6.40. The van der Waals surface area contributed by atoms with Gasteiger partial charge in [0.2, 0.25) is 0 Å². The maximum atomic E-state index is 6.40. The minimum atomic E-state index is -0.409. The van der Waals surface area contributed by atoms with Crippen molar-refractivity contribution in [2.24, 2.45) is 0 Å². The van der Waals surface area contributed by atoms with Gasteiger partial charge in [0.25, 0.3) is 0 Å². The highest BCUT2D eigenvalue weighted by molar-refractivity contribution is 7.99. The quantitative estimate of drug-likeness (QED) is 0.266. The maximum Gasteiger partial charge on any atom is 0.494 e. The first kappa shape index (κ1) is 22.7. The van der Waals surface area contributed by atoms with Gasteiger partial charge in [-0.2, -0.15) is 0 Å². The number of hydrogen-bond acceptors (Lipinski definition) is 3. The van der Waals surface area contributed by atoms with E-state index in [-0.39, 0.29) is 18.3 Å². The lowest BCUT2D eigenvalue weighted by atomic mass is 9.64. The van der Waals surface area contributed by atoms with Crippen LogP contribution in [0.2, 0.25) is 0 Å². The lowest BCUT2D eigenvalue weighted by Crippen LogP contribution is -2.41. The van der Waals surface area contributed by atoms with Gasteiger partial charge in [0.05, 0.1) is 16.6 Å². The van der Waals surface area contributed by atoms with Gasteiger partial charge >= 0.3 is 7.12 Å². The van der Waals surface area contributed by atoms with E-state index in [1.54, 1.807) is 0 Å². The summed E-state index contributed by atoms with van der Waals surface area (Å²) in [7, 11) is -0.383. The summed E-state index contributed by atoms with van der Waals surface area (Å²) in [6.07, 6.45) is 0. The van der Waals surface area contributed by atoms with Gasteiger partial charge < -0.3 is 9.31 Å². The van der Waals surface area contributed by atoms with E-state index in [4.69, 9.17) is 9.31 Å². The molecule has 0 aromatic heterocycles. The van der Waals surface area contributed by atoms with E-state index in [0.29, 0.717) is 0 Å². The van der Waals surface area contributed by atoms with Crippen LogP contribution in [0.1, 0.15) is 49.9 Å². The fraction of sp³-hybridized carbons (Fsp3) is 0.226. The highest BCUT2D eigenvalue weighted by Gasteiger charge is 2.52. The molecular formula is C31H29BO2S. The zero-order valence-corrected chi connectivity index (χ0v) is 21.4. The van der Waals surface area contributed by atoms with Crippen LogP contribution >= 0.6 is 11.8 Å². The largest absolute Gasteiger partial charge is 0.494 e. The molecule has 0 bridgehead atoms. The molecule has 0 radical (unpaired) electrons. The Balaban J connectivity index is 1.60. The summed E-state index contributed by atoms with van der Waals surface area (Å²) in [6, 6.07) is 37.3. The molecule has 1 fully saturated rings. The fourth-order valence-corrected chi connectivity index (χ4v) is 6.59. The van der Waals surface area contributed by atoms with Crippen molar-refractivity contribution in [3.05, 3.63) is 125 Å². The van der Waals surface area contributed by atoms with Crippen molar-refractivity contribution < 1.29 is 9.31 Å². The molecule has 4 aromatic carbocycles. The molecule has 2 aliphatic rings. The summed E-state index contributed by atoms with van der Waals surface area (Å²) in [5.74, 6) is 0. The number of benzene rings is 4. The van der Waals surface area contributed by atoms with Crippen molar-refractivity contribution in [1.82, 2.24) is 0 Å². The minimum absolute atomic E-state index is 0.370. The third-order valence-electron chi connectivity index (χ3n) is 7.86. The smallest absolute Gasteiger partial charge is 0.399 e. The van der Waals surface area contributed by atoms with Crippen LogP contribution in [0.3, 0.4) is 0 Å². The third-order valence-corrected chi connectivity index (χ3v) is 8.99. The first-order valence-electron chi connectivity index (χ1n) is 12.2. The molecule has 0 saturated carbocycles. The molecule has 0 atom stereocenters. The monoisotopic (exact) mass is 476 g/mol. The number of rotatable bonds is 3. The normalized spacial score (nSPS) is 19.1. The summed E-state index contributed by atoms with van der Waals surface area (Å²) in [5.41, 5.74) is 5.05. The average Bonchev–Trinajstić information content (AvgIpc) is 3.10. The topological polar surface area (TPSA) is 18.5 Å². The second-order valence-electron chi connectivity index (χ2n) is 10.4. The second kappa shape index (κ2) is 8.13. The number of fused-ring (bicyclic) bond motifs is 2. The first-order valence-corrected chi connectivity index (χ1v) is 13.0. The molecule has 174 valence electrons. The Hall–Kier alpha value is -2.79. The molecule has 0 aliphatic carbocycles. The Bertz CT molecular complexity index is 1330. The minimum Gasteiger partial charge on any atom is -0.399 e. The van der Waals surface area contributed by atoms with Crippen LogP contribution in [0.4, 0.5) is 0 Å². The molecule has 2 heterocycles. The molecule has 0 unspecified atom stereocenters. The van der Waals surface area contributed by atoms with Crippen molar-refractivity contribution in [2.45, 2.75) is 54.1 Å². The van der Waals surface area contributed by atoms with Gasteiger partial charge in [-0.3, -0.25) is 0 Å². The van der Waals surface area contributed by atoms with Crippen LogP contribution in [-0.2, 0) is 14.7 Å². The SMILES string of the molecule is CC1(C)OB(c2ccc3c(c2)Sc2ccccc2C3(c2ccccc2)c2ccccc2)OC1(C)C. The van der Waals surface area contributed by atoms with E-state index in [2.05, 4.69) is 131 Å². The van der Waals surface area contributed by atoms with E-state index in [9.17, 15) is 0 Å². The van der Waals surface area contributed by atoms with E-state index >= 15 is 0 Å². The molecule has 4 heteroatoms. The Morgan fingerprint density at radius 1 is 0.571 bits per heavy atom. The Labute approximate surface area is 212 Å². The number of hydrogen-bond donors (Lipinski definition) is 0. The van der Waals surface area contributed by atoms with Crippen LogP contribution in [0.15, 0.2) is 113 Å². The zero-order chi connectivity index (χ0) is 24.3. The van der Waals surface area contributed by atoms with Crippen LogP contribution < -0.4 is 5.46 Å². The Kier molecular flexibility index (Phi) is 5.26. The van der Waals surface area contributed by atoms with Crippen LogP contribution in [-0.4, -0.2) is 18.3 Å². The van der Waals surface area contributed by atoms with Gasteiger partial charge in [-0.05, 0) is 67.5 Å². The van der Waals surface area contributed by atoms with E-state index < -0.39 is 5.41 Å². The van der Waals surface area contributed by atoms with Crippen LogP contribution in [0.5, 0.6) is 0 Å². The third kappa shape index (κ3) is 3.42. The van der Waals surface area contributed by atoms with Gasteiger partial charge in [0.1, 0.15) is 0 Å². The second-order valence-corrected chi connectivity index (χ2v) is 11.5. The van der Waals surface area contributed by atoms with E-state index in [0.717, 1.165) is 5.46 Å². The lowest BCUT2D eigenvalue weighted by Gasteiger charge is -2.42. The van der Waals surface area contributed by atoms with Crippen LogP contribution in [0, 0.1) is 0 Å². The summed E-state index contributed by atoms with van der Waals surface area (Å²) in [4.78, 5) is 2.52. The van der Waals surface area contributed by atoms with Crippen molar-refractivity contribution in [3.8, 4) is 0 Å². The zero-order valence-electron chi connectivity index (χ0n) is 20.6. The summed E-state index contributed by atoms with van der Waals surface area (Å²) in [6.45, 7) is 8.41. The molecular weight excluding hydrogens is 447 g/mol. The van der Waals surface area contributed by atoms with Gasteiger partial charge in [-0.25, -0.2) is 0 Å². The predicted octanol–water partition coefficient (Wildman–Crippen LogP) is 6.83. The Morgan fingerprint density at radius 2 is 1.09 bits per heavy atom. The predicted molar refractivity (Wildman–Crippen MR) is 145 cm³/mol. The standard InChI is InChI=1S/C31H29BO2S/c1-29(2)30(3,4)34-32(33-29)24-19-20-26-28(21-24)35-27-18-12-11-17-25(27)31(26,22-13-7-5-8-14-22)23-15-9-6-10-16-23/h5-21H,1-4H3. The van der Waals surface area contributed by atoms with Crippen molar-refractivity contribution in [3.63, 3.8) is 0 Å². The molecule has 2 nitrogen and oxygen atoms in total. The van der Waals surface area contributed by atoms with Crippen LogP contribution in [0.25, 0.3) is 0 Å². The van der Waals surface area contributed by atoms with Gasteiger partial charge in [-0.1, -0.05) is 103 Å². The Morgan fingerprint density at radius 3 is 1.69 bits per heavy atom. The van der Waals surface area contributed by atoms with E-state index in [1.807, 2.05) is 11.8 Å².